The average molecular weight is 466 g/mol. The molecular formula is C24H32FNO7. The van der Waals surface area contributed by atoms with Crippen molar-refractivity contribution in [2.24, 2.45) is 5.92 Å². The van der Waals surface area contributed by atoms with Crippen LogP contribution in [-0.2, 0) is 39.9 Å². The second-order valence-electron chi connectivity index (χ2n) is 9.54. The number of hydrogen-bond acceptors (Lipinski definition) is 7. The predicted octanol–water partition coefficient (Wildman–Crippen LogP) is 2.48. The van der Waals surface area contributed by atoms with Gasteiger partial charge in [0.25, 0.3) is 5.91 Å². The number of ether oxygens (including phenoxy) is 5. The third kappa shape index (κ3) is 5.90. The lowest BCUT2D eigenvalue weighted by atomic mass is 9.78. The molecule has 1 N–H and O–H groups in total. The normalized spacial score (nSPS) is 30.5. The molecule has 4 atom stereocenters. The maximum Gasteiger partial charge on any atom is 0.331 e. The summed E-state index contributed by atoms with van der Waals surface area (Å²) in [5, 5.41) is 3.03. The van der Waals surface area contributed by atoms with Gasteiger partial charge in [-0.25, -0.2) is 9.18 Å². The van der Waals surface area contributed by atoms with Crippen molar-refractivity contribution in [3.8, 4) is 0 Å². The second kappa shape index (κ2) is 9.66. The Hall–Kier alpha value is -2.07. The zero-order valence-electron chi connectivity index (χ0n) is 19.3. The van der Waals surface area contributed by atoms with Crippen LogP contribution < -0.4 is 5.32 Å². The van der Waals surface area contributed by atoms with Crippen molar-refractivity contribution >= 4 is 11.9 Å². The van der Waals surface area contributed by atoms with E-state index in [1.165, 1.54) is 19.2 Å². The van der Waals surface area contributed by atoms with E-state index in [1.807, 2.05) is 0 Å². The standard InChI is InChI=1S/C24H32FNO7/c1-23(2)32-19-11-24(22(28)26-12-15-4-5-15,31-13-16-6-8-17(25)9-7-16)10-18(21(19)33-23)30-14-20(27)29-3/h6-9,15,18-19,21H,4-5,10-14H2,1-3H3,(H,26,28)/t18?,19-,21+,24-/m1/s1. The summed E-state index contributed by atoms with van der Waals surface area (Å²) in [7, 11) is 1.29. The molecule has 1 amide bonds. The molecule has 3 fully saturated rings. The smallest absolute Gasteiger partial charge is 0.331 e. The van der Waals surface area contributed by atoms with Crippen LogP contribution in [0.4, 0.5) is 4.39 Å². The van der Waals surface area contributed by atoms with E-state index in [9.17, 15) is 14.0 Å². The highest BCUT2D eigenvalue weighted by Gasteiger charge is 2.58. The van der Waals surface area contributed by atoms with E-state index in [0.29, 0.717) is 12.5 Å². The molecule has 1 heterocycles. The summed E-state index contributed by atoms with van der Waals surface area (Å²) in [6.07, 6.45) is 1.12. The Morgan fingerprint density at radius 2 is 1.88 bits per heavy atom. The molecule has 0 bridgehead atoms. The van der Waals surface area contributed by atoms with Gasteiger partial charge in [-0.3, -0.25) is 4.79 Å². The van der Waals surface area contributed by atoms with Crippen molar-refractivity contribution in [3.05, 3.63) is 35.6 Å². The molecule has 1 saturated heterocycles. The third-order valence-corrected chi connectivity index (χ3v) is 6.38. The van der Waals surface area contributed by atoms with Gasteiger partial charge in [0.15, 0.2) is 11.4 Å². The molecule has 0 radical (unpaired) electrons. The van der Waals surface area contributed by atoms with Gasteiger partial charge < -0.3 is 29.0 Å². The van der Waals surface area contributed by atoms with Gasteiger partial charge in [0.2, 0.25) is 0 Å². The fourth-order valence-corrected chi connectivity index (χ4v) is 4.46. The van der Waals surface area contributed by atoms with Crippen molar-refractivity contribution in [1.29, 1.82) is 0 Å². The van der Waals surface area contributed by atoms with Crippen LogP contribution >= 0.6 is 0 Å². The Labute approximate surface area is 193 Å². The monoisotopic (exact) mass is 465 g/mol. The summed E-state index contributed by atoms with van der Waals surface area (Å²) in [5.41, 5.74) is -0.515. The highest BCUT2D eigenvalue weighted by molar-refractivity contribution is 5.85. The quantitative estimate of drug-likeness (QED) is 0.560. The topological polar surface area (TPSA) is 92.3 Å². The van der Waals surface area contributed by atoms with Gasteiger partial charge in [-0.2, -0.15) is 0 Å². The Balaban J connectivity index is 1.57. The average Bonchev–Trinajstić information content (AvgIpc) is 3.56. The maximum absolute atomic E-state index is 13.5. The molecule has 2 aliphatic carbocycles. The number of carbonyl (C=O) groups excluding carboxylic acids is 2. The zero-order chi connectivity index (χ0) is 23.6. The molecule has 0 spiro atoms. The van der Waals surface area contributed by atoms with Crippen molar-refractivity contribution < 1.29 is 37.7 Å². The molecule has 8 nitrogen and oxygen atoms in total. The summed E-state index contributed by atoms with van der Waals surface area (Å²) in [6, 6.07) is 5.96. The van der Waals surface area contributed by atoms with E-state index in [1.54, 1.807) is 26.0 Å². The van der Waals surface area contributed by atoms with Crippen LogP contribution in [0.5, 0.6) is 0 Å². The van der Waals surface area contributed by atoms with Gasteiger partial charge in [0.05, 0.1) is 25.9 Å². The number of fused-ring (bicyclic) bond motifs is 1. The Bertz CT molecular complexity index is 857. The molecular weight excluding hydrogens is 433 g/mol. The molecule has 33 heavy (non-hydrogen) atoms. The molecule has 0 aromatic heterocycles. The first-order valence-electron chi connectivity index (χ1n) is 11.4. The lowest BCUT2D eigenvalue weighted by Crippen LogP contribution is -2.60. The summed E-state index contributed by atoms with van der Waals surface area (Å²) < 4.78 is 42.3. The first-order chi connectivity index (χ1) is 15.7. The summed E-state index contributed by atoms with van der Waals surface area (Å²) in [5.74, 6) is -1.47. The molecule has 1 aromatic rings. The van der Waals surface area contributed by atoms with E-state index in [-0.39, 0.29) is 37.8 Å². The molecule has 4 rings (SSSR count). The minimum absolute atomic E-state index is 0.114. The van der Waals surface area contributed by atoms with Crippen molar-refractivity contribution in [1.82, 2.24) is 5.32 Å². The molecule has 1 unspecified atom stereocenters. The Morgan fingerprint density at radius 1 is 1.15 bits per heavy atom. The molecule has 182 valence electrons. The number of amides is 1. The van der Waals surface area contributed by atoms with Gasteiger partial charge in [-0.1, -0.05) is 12.1 Å². The van der Waals surface area contributed by atoms with Crippen molar-refractivity contribution in [3.63, 3.8) is 0 Å². The summed E-state index contributed by atoms with van der Waals surface area (Å²) in [6.45, 7) is 4.04. The van der Waals surface area contributed by atoms with E-state index in [4.69, 9.17) is 23.7 Å². The van der Waals surface area contributed by atoms with Gasteiger partial charge in [-0.15, -0.1) is 0 Å². The highest BCUT2D eigenvalue weighted by atomic mass is 19.1. The van der Waals surface area contributed by atoms with Gasteiger partial charge >= 0.3 is 5.97 Å². The van der Waals surface area contributed by atoms with Gasteiger partial charge in [0, 0.05) is 19.4 Å². The largest absolute Gasteiger partial charge is 0.467 e. The highest BCUT2D eigenvalue weighted by Crippen LogP contribution is 2.44. The van der Waals surface area contributed by atoms with E-state index in [0.717, 1.165) is 18.4 Å². The lowest BCUT2D eigenvalue weighted by Gasteiger charge is -2.43. The molecule has 3 aliphatic rings. The molecule has 9 heteroatoms. The summed E-state index contributed by atoms with van der Waals surface area (Å²) >= 11 is 0. The zero-order valence-corrected chi connectivity index (χ0v) is 19.3. The fraction of sp³-hybridized carbons (Fsp3) is 0.667. The second-order valence-corrected chi connectivity index (χ2v) is 9.54. The first kappa shape index (κ1) is 24.1. The van der Waals surface area contributed by atoms with Crippen molar-refractivity contribution in [2.75, 3.05) is 20.3 Å². The number of benzene rings is 1. The number of nitrogens with one attached hydrogen (secondary N) is 1. The van der Waals surface area contributed by atoms with E-state index in [2.05, 4.69) is 5.32 Å². The van der Waals surface area contributed by atoms with E-state index >= 15 is 0 Å². The lowest BCUT2D eigenvalue weighted by molar-refractivity contribution is -0.185. The summed E-state index contributed by atoms with van der Waals surface area (Å²) in [4.78, 5) is 25.2. The maximum atomic E-state index is 13.5. The van der Waals surface area contributed by atoms with Crippen LogP contribution in [0.2, 0.25) is 0 Å². The molecule has 1 aliphatic heterocycles. The number of rotatable bonds is 9. The van der Waals surface area contributed by atoms with Crippen LogP contribution in [0.1, 0.15) is 45.1 Å². The van der Waals surface area contributed by atoms with Gasteiger partial charge in [0.1, 0.15) is 18.5 Å². The van der Waals surface area contributed by atoms with Crippen LogP contribution in [0.15, 0.2) is 24.3 Å². The van der Waals surface area contributed by atoms with Crippen LogP contribution in [0.25, 0.3) is 0 Å². The number of carbonyl (C=O) groups is 2. The van der Waals surface area contributed by atoms with Crippen LogP contribution in [0, 0.1) is 11.7 Å². The number of halogens is 1. The van der Waals surface area contributed by atoms with Gasteiger partial charge in [-0.05, 0) is 50.3 Å². The fourth-order valence-electron chi connectivity index (χ4n) is 4.46. The van der Waals surface area contributed by atoms with Crippen LogP contribution in [-0.4, -0.2) is 61.8 Å². The SMILES string of the molecule is COC(=O)COC1C[C@](OCc2ccc(F)cc2)(C(=O)NCC2CC2)C[C@H]2OC(C)(C)O[C@@H]12. The number of hydrogen-bond donors (Lipinski definition) is 1. The van der Waals surface area contributed by atoms with Crippen molar-refractivity contribution in [2.45, 2.75) is 75.8 Å². The van der Waals surface area contributed by atoms with Crippen LogP contribution in [0.3, 0.4) is 0 Å². The minimum Gasteiger partial charge on any atom is -0.467 e. The molecule has 2 saturated carbocycles. The first-order valence-corrected chi connectivity index (χ1v) is 11.4. The third-order valence-electron chi connectivity index (χ3n) is 6.38. The minimum atomic E-state index is -1.25. The predicted molar refractivity (Wildman–Crippen MR) is 114 cm³/mol. The Morgan fingerprint density at radius 3 is 2.55 bits per heavy atom. The molecule has 1 aromatic carbocycles. The Kier molecular flexibility index (Phi) is 7.04. The number of esters is 1. The van der Waals surface area contributed by atoms with E-state index < -0.39 is 35.7 Å². The number of methoxy groups -OCH3 is 1.